The molecule has 2 N–H and O–H groups in total. The number of anilines is 1. The lowest BCUT2D eigenvalue weighted by molar-refractivity contribution is 0.0959. The lowest BCUT2D eigenvalue weighted by atomic mass is 10.2. The first-order chi connectivity index (χ1) is 8.79. The fourth-order valence-corrected chi connectivity index (χ4v) is 2.38. The van der Waals surface area contributed by atoms with Crippen molar-refractivity contribution in [3.63, 3.8) is 0 Å². The van der Waals surface area contributed by atoms with Crippen LogP contribution >= 0.6 is 0 Å². The molecule has 1 unspecified atom stereocenters. The van der Waals surface area contributed by atoms with E-state index < -0.39 is 0 Å². The number of nitrogens with zero attached hydrogens (tertiary/aromatic N) is 4. The van der Waals surface area contributed by atoms with Crippen LogP contribution in [0, 0.1) is 6.92 Å². The fraction of sp³-hybridized carbons (Fsp3) is 0.500. The average Bonchev–Trinajstić information content (AvgIpc) is 2.78. The summed E-state index contributed by atoms with van der Waals surface area (Å²) in [5, 5.41) is 4.41. The van der Waals surface area contributed by atoms with E-state index in [1.807, 2.05) is 23.7 Å². The van der Waals surface area contributed by atoms with Gasteiger partial charge in [-0.25, -0.2) is 9.50 Å². The van der Waals surface area contributed by atoms with E-state index >= 15 is 0 Å². The first-order valence-electron chi connectivity index (χ1n) is 6.15. The van der Waals surface area contributed by atoms with E-state index in [1.165, 1.54) is 0 Å². The Labute approximate surface area is 105 Å². The van der Waals surface area contributed by atoms with Crippen LogP contribution in [0.5, 0.6) is 0 Å². The Morgan fingerprint density at radius 1 is 1.56 bits per heavy atom. The minimum absolute atomic E-state index is 0.188. The summed E-state index contributed by atoms with van der Waals surface area (Å²) in [5.41, 5.74) is 7.82. The molecule has 1 aliphatic heterocycles. The summed E-state index contributed by atoms with van der Waals surface area (Å²) in [7, 11) is 0. The van der Waals surface area contributed by atoms with Crippen molar-refractivity contribution >= 4 is 11.3 Å². The van der Waals surface area contributed by atoms with Crippen LogP contribution in [-0.2, 0) is 4.74 Å². The van der Waals surface area contributed by atoms with Gasteiger partial charge in [-0.05, 0) is 13.0 Å². The van der Waals surface area contributed by atoms with Crippen LogP contribution in [0.4, 0.5) is 5.82 Å². The lowest BCUT2D eigenvalue weighted by Crippen LogP contribution is -2.50. The molecule has 2 aromatic rings. The van der Waals surface area contributed by atoms with Gasteiger partial charge >= 0.3 is 0 Å². The Balaban J connectivity index is 2.06. The second-order valence-electron chi connectivity index (χ2n) is 4.52. The Morgan fingerprint density at radius 2 is 2.44 bits per heavy atom. The van der Waals surface area contributed by atoms with Crippen LogP contribution in [0.3, 0.4) is 0 Å². The van der Waals surface area contributed by atoms with Gasteiger partial charge in [0.2, 0.25) is 0 Å². The zero-order valence-corrected chi connectivity index (χ0v) is 10.4. The molecule has 18 heavy (non-hydrogen) atoms. The third-order valence-electron chi connectivity index (χ3n) is 3.26. The summed E-state index contributed by atoms with van der Waals surface area (Å²) in [5.74, 6) is 0.942. The standard InChI is InChI=1S/C12H17N5O/c1-9-6-11-12(14-2-3-17(11)15-9)16-4-5-18-8-10(16)7-13/h2-3,6,10H,4-5,7-8,13H2,1H3. The van der Waals surface area contributed by atoms with E-state index in [-0.39, 0.29) is 6.04 Å². The fourth-order valence-electron chi connectivity index (χ4n) is 2.38. The quantitative estimate of drug-likeness (QED) is 0.821. The number of aryl methyl sites for hydroxylation is 1. The van der Waals surface area contributed by atoms with E-state index in [4.69, 9.17) is 10.5 Å². The third-order valence-corrected chi connectivity index (χ3v) is 3.26. The van der Waals surface area contributed by atoms with Gasteiger partial charge in [-0.3, -0.25) is 0 Å². The number of nitrogens with two attached hydrogens (primary N) is 1. The number of fused-ring (bicyclic) bond motifs is 1. The molecule has 1 atom stereocenters. The predicted octanol–water partition coefficient (Wildman–Crippen LogP) is 0.202. The zero-order chi connectivity index (χ0) is 12.5. The first-order valence-corrected chi connectivity index (χ1v) is 6.15. The smallest absolute Gasteiger partial charge is 0.155 e. The van der Waals surface area contributed by atoms with Crippen molar-refractivity contribution in [2.75, 3.05) is 31.2 Å². The van der Waals surface area contributed by atoms with Crippen molar-refractivity contribution in [2.24, 2.45) is 5.73 Å². The average molecular weight is 247 g/mol. The number of ether oxygens (including phenoxy) is 1. The third kappa shape index (κ3) is 1.83. The zero-order valence-electron chi connectivity index (χ0n) is 10.4. The van der Waals surface area contributed by atoms with Gasteiger partial charge in [-0.2, -0.15) is 5.10 Å². The predicted molar refractivity (Wildman–Crippen MR) is 68.7 cm³/mol. The minimum atomic E-state index is 0.188. The van der Waals surface area contributed by atoms with Crippen molar-refractivity contribution < 1.29 is 4.74 Å². The summed E-state index contributed by atoms with van der Waals surface area (Å²) < 4.78 is 7.33. The van der Waals surface area contributed by atoms with Crippen molar-refractivity contribution in [1.29, 1.82) is 0 Å². The van der Waals surface area contributed by atoms with E-state index in [1.54, 1.807) is 6.20 Å². The Hall–Kier alpha value is -1.66. The summed E-state index contributed by atoms with van der Waals surface area (Å²) >= 11 is 0. The molecule has 2 aromatic heterocycles. The van der Waals surface area contributed by atoms with E-state index in [2.05, 4.69) is 15.0 Å². The Morgan fingerprint density at radius 3 is 3.28 bits per heavy atom. The molecule has 0 saturated carbocycles. The number of hydrogen-bond donors (Lipinski definition) is 1. The molecule has 1 aliphatic rings. The number of rotatable bonds is 2. The number of morpholine rings is 1. The summed E-state index contributed by atoms with van der Waals surface area (Å²) in [6, 6.07) is 2.23. The van der Waals surface area contributed by atoms with Gasteiger partial charge in [0, 0.05) is 25.5 Å². The van der Waals surface area contributed by atoms with Gasteiger partial charge in [-0.15, -0.1) is 0 Å². The highest BCUT2D eigenvalue weighted by Crippen LogP contribution is 2.22. The van der Waals surface area contributed by atoms with Crippen LogP contribution < -0.4 is 10.6 Å². The maximum atomic E-state index is 5.81. The summed E-state index contributed by atoms with van der Waals surface area (Å²) in [6.45, 7) is 4.74. The van der Waals surface area contributed by atoms with Crippen molar-refractivity contribution in [2.45, 2.75) is 13.0 Å². The van der Waals surface area contributed by atoms with Crippen LogP contribution in [0.15, 0.2) is 18.5 Å². The largest absolute Gasteiger partial charge is 0.377 e. The van der Waals surface area contributed by atoms with E-state index in [0.717, 1.165) is 23.6 Å². The molecule has 0 aromatic carbocycles. The van der Waals surface area contributed by atoms with Gasteiger partial charge in [0.15, 0.2) is 5.82 Å². The molecule has 3 rings (SSSR count). The number of hydrogen-bond acceptors (Lipinski definition) is 5. The molecular weight excluding hydrogens is 230 g/mol. The molecule has 0 amide bonds. The molecule has 1 saturated heterocycles. The van der Waals surface area contributed by atoms with E-state index in [9.17, 15) is 0 Å². The molecule has 0 aliphatic carbocycles. The SMILES string of the molecule is Cc1cc2c(N3CCOCC3CN)nccn2n1. The highest BCUT2D eigenvalue weighted by atomic mass is 16.5. The molecular formula is C12H17N5O. The molecule has 96 valence electrons. The second-order valence-corrected chi connectivity index (χ2v) is 4.52. The second kappa shape index (κ2) is 4.55. The highest BCUT2D eigenvalue weighted by Gasteiger charge is 2.24. The molecule has 0 radical (unpaired) electrons. The van der Waals surface area contributed by atoms with Gasteiger partial charge in [-0.1, -0.05) is 0 Å². The molecule has 0 spiro atoms. The van der Waals surface area contributed by atoms with Crippen LogP contribution in [0.2, 0.25) is 0 Å². The highest BCUT2D eigenvalue weighted by molar-refractivity contribution is 5.69. The first kappa shape index (κ1) is 11.4. The lowest BCUT2D eigenvalue weighted by Gasteiger charge is -2.35. The van der Waals surface area contributed by atoms with Crippen molar-refractivity contribution in [1.82, 2.24) is 14.6 Å². The maximum absolute atomic E-state index is 5.81. The monoisotopic (exact) mass is 247 g/mol. The molecule has 3 heterocycles. The van der Waals surface area contributed by atoms with Gasteiger partial charge in [0.05, 0.1) is 24.9 Å². The van der Waals surface area contributed by atoms with Gasteiger partial charge < -0.3 is 15.4 Å². The molecule has 1 fully saturated rings. The summed E-state index contributed by atoms with van der Waals surface area (Å²) in [4.78, 5) is 6.72. The van der Waals surface area contributed by atoms with Crippen LogP contribution in [0.1, 0.15) is 5.69 Å². The normalized spacial score (nSPS) is 20.6. The van der Waals surface area contributed by atoms with Crippen LogP contribution in [-0.4, -0.2) is 46.9 Å². The summed E-state index contributed by atoms with van der Waals surface area (Å²) in [6.07, 6.45) is 3.64. The topological polar surface area (TPSA) is 68.7 Å². The maximum Gasteiger partial charge on any atom is 0.155 e. The van der Waals surface area contributed by atoms with E-state index in [0.29, 0.717) is 19.8 Å². The Kier molecular flexibility index (Phi) is 2.89. The number of aromatic nitrogens is 3. The van der Waals surface area contributed by atoms with Gasteiger partial charge in [0.1, 0.15) is 5.52 Å². The van der Waals surface area contributed by atoms with Crippen LogP contribution in [0.25, 0.3) is 5.52 Å². The van der Waals surface area contributed by atoms with Crippen molar-refractivity contribution in [3.8, 4) is 0 Å². The van der Waals surface area contributed by atoms with Gasteiger partial charge in [0.25, 0.3) is 0 Å². The van der Waals surface area contributed by atoms with Crippen molar-refractivity contribution in [3.05, 3.63) is 24.2 Å². The minimum Gasteiger partial charge on any atom is -0.377 e. The molecule has 6 heteroatoms. The molecule has 0 bridgehead atoms. The Bertz CT molecular complexity index is 552. The molecule has 6 nitrogen and oxygen atoms in total.